The predicted octanol–water partition coefficient (Wildman–Crippen LogP) is 1.44. The minimum Gasteiger partial charge on any atom is -0.463 e. The van der Waals surface area contributed by atoms with Gasteiger partial charge in [-0.15, -0.1) is 5.92 Å². The van der Waals surface area contributed by atoms with E-state index in [1.54, 1.807) is 19.3 Å². The van der Waals surface area contributed by atoms with Crippen molar-refractivity contribution in [3.8, 4) is 17.7 Å². The molecule has 1 heterocycles. The van der Waals surface area contributed by atoms with Crippen LogP contribution in [0.2, 0.25) is 0 Å². The largest absolute Gasteiger partial charge is 0.463 e. The molecule has 1 rings (SSSR count). The second-order valence-corrected chi connectivity index (χ2v) is 2.41. The van der Waals surface area contributed by atoms with Crippen molar-refractivity contribution in [3.63, 3.8) is 0 Å². The van der Waals surface area contributed by atoms with Crippen LogP contribution < -0.4 is 4.74 Å². The molecule has 3 nitrogen and oxygen atoms in total. The topological polar surface area (TPSA) is 35.0 Å². The monoisotopic (exact) mass is 176 g/mol. The number of aryl methyl sites for hydroxylation is 1. The Bertz CT molecular complexity index is 308. The summed E-state index contributed by atoms with van der Waals surface area (Å²) in [5, 5.41) is 0. The first kappa shape index (κ1) is 9.53. The van der Waals surface area contributed by atoms with Crippen molar-refractivity contribution < 1.29 is 4.74 Å². The van der Waals surface area contributed by atoms with Crippen molar-refractivity contribution in [2.24, 2.45) is 0 Å². The molecule has 0 fully saturated rings. The number of rotatable bonds is 3. The van der Waals surface area contributed by atoms with Crippen LogP contribution in [0.4, 0.5) is 0 Å². The molecule has 0 spiro atoms. The molecule has 0 aromatic carbocycles. The van der Waals surface area contributed by atoms with Gasteiger partial charge in [0.05, 0.1) is 18.1 Å². The highest BCUT2D eigenvalue weighted by Crippen LogP contribution is 2.03. The number of hydrogen-bond donors (Lipinski definition) is 0. The van der Waals surface area contributed by atoms with Gasteiger partial charge in [0, 0.05) is 0 Å². The first-order valence-electron chi connectivity index (χ1n) is 4.20. The first-order chi connectivity index (χ1) is 6.36. The Labute approximate surface area is 78.2 Å². The van der Waals surface area contributed by atoms with Gasteiger partial charge >= 0.3 is 0 Å². The molecular formula is C10H12N2O. The Kier molecular flexibility index (Phi) is 3.77. The summed E-state index contributed by atoms with van der Waals surface area (Å²) >= 11 is 0. The average molecular weight is 176 g/mol. The van der Waals surface area contributed by atoms with Gasteiger partial charge in [-0.05, 0) is 13.3 Å². The summed E-state index contributed by atoms with van der Waals surface area (Å²) < 4.78 is 5.20. The van der Waals surface area contributed by atoms with Gasteiger partial charge in [0.15, 0.2) is 6.61 Å². The molecule has 0 bridgehead atoms. The standard InChI is InChI=1S/C10H12N2O/c1-3-5-6-13-10-8-11-9(4-2)7-12-10/h7-8H,4,6H2,1-2H3. The van der Waals surface area contributed by atoms with Gasteiger partial charge in [0.25, 0.3) is 0 Å². The lowest BCUT2D eigenvalue weighted by molar-refractivity contribution is 0.353. The molecule has 0 N–H and O–H groups in total. The van der Waals surface area contributed by atoms with Crippen LogP contribution in [-0.2, 0) is 6.42 Å². The van der Waals surface area contributed by atoms with Gasteiger partial charge < -0.3 is 4.74 Å². The smallest absolute Gasteiger partial charge is 0.233 e. The zero-order valence-corrected chi connectivity index (χ0v) is 7.87. The summed E-state index contributed by atoms with van der Waals surface area (Å²) in [6.45, 7) is 4.18. The lowest BCUT2D eigenvalue weighted by Gasteiger charge is -2.00. The highest BCUT2D eigenvalue weighted by molar-refractivity contribution is 5.08. The molecule has 13 heavy (non-hydrogen) atoms. The molecule has 3 heteroatoms. The van der Waals surface area contributed by atoms with Gasteiger partial charge in [-0.1, -0.05) is 12.8 Å². The quantitative estimate of drug-likeness (QED) is 0.654. The van der Waals surface area contributed by atoms with Crippen LogP contribution in [0.1, 0.15) is 19.5 Å². The molecule has 0 saturated carbocycles. The maximum atomic E-state index is 5.20. The third-order valence-corrected chi connectivity index (χ3v) is 1.51. The summed E-state index contributed by atoms with van der Waals surface area (Å²) in [4.78, 5) is 8.21. The van der Waals surface area contributed by atoms with Crippen LogP contribution >= 0.6 is 0 Å². The maximum Gasteiger partial charge on any atom is 0.233 e. The van der Waals surface area contributed by atoms with Crippen LogP contribution in [0.5, 0.6) is 5.88 Å². The average Bonchev–Trinajstić information content (AvgIpc) is 2.19. The summed E-state index contributed by atoms with van der Waals surface area (Å²) in [6.07, 6.45) is 4.23. The Morgan fingerprint density at radius 3 is 2.77 bits per heavy atom. The van der Waals surface area contributed by atoms with Crippen molar-refractivity contribution >= 4 is 0 Å². The molecule has 0 radical (unpaired) electrons. The summed E-state index contributed by atoms with van der Waals surface area (Å²) in [5.74, 6) is 6.05. The first-order valence-corrected chi connectivity index (χ1v) is 4.20. The lowest BCUT2D eigenvalue weighted by Crippen LogP contribution is -1.98. The van der Waals surface area contributed by atoms with Crippen molar-refractivity contribution in [1.82, 2.24) is 9.97 Å². The zero-order valence-electron chi connectivity index (χ0n) is 7.87. The zero-order chi connectivity index (χ0) is 9.52. The van der Waals surface area contributed by atoms with E-state index in [1.807, 2.05) is 6.92 Å². The maximum absolute atomic E-state index is 5.20. The molecule has 68 valence electrons. The Morgan fingerprint density at radius 1 is 1.38 bits per heavy atom. The van der Waals surface area contributed by atoms with E-state index in [1.165, 1.54) is 0 Å². The molecule has 0 aliphatic heterocycles. The normalized spacial score (nSPS) is 8.77. The highest BCUT2D eigenvalue weighted by atomic mass is 16.5. The Hall–Kier alpha value is -1.56. The van der Waals surface area contributed by atoms with Crippen LogP contribution in [0.25, 0.3) is 0 Å². The number of aromatic nitrogens is 2. The molecule has 0 aliphatic carbocycles. The van der Waals surface area contributed by atoms with E-state index >= 15 is 0 Å². The molecule has 0 atom stereocenters. The van der Waals surface area contributed by atoms with Crippen molar-refractivity contribution in [3.05, 3.63) is 18.1 Å². The van der Waals surface area contributed by atoms with E-state index in [9.17, 15) is 0 Å². The van der Waals surface area contributed by atoms with Gasteiger partial charge in [-0.3, -0.25) is 4.98 Å². The second kappa shape index (κ2) is 5.15. The summed E-state index contributed by atoms with van der Waals surface area (Å²) in [5.41, 5.74) is 0.967. The molecule has 0 aliphatic rings. The van der Waals surface area contributed by atoms with Gasteiger partial charge in [0.1, 0.15) is 0 Å². The van der Waals surface area contributed by atoms with E-state index in [-0.39, 0.29) is 0 Å². The second-order valence-electron chi connectivity index (χ2n) is 2.41. The van der Waals surface area contributed by atoms with E-state index < -0.39 is 0 Å². The fourth-order valence-electron chi connectivity index (χ4n) is 0.782. The molecule has 1 aromatic rings. The van der Waals surface area contributed by atoms with E-state index in [0.29, 0.717) is 12.5 Å². The predicted molar refractivity (Wildman–Crippen MR) is 50.4 cm³/mol. The van der Waals surface area contributed by atoms with E-state index in [4.69, 9.17) is 4.74 Å². The van der Waals surface area contributed by atoms with Crippen LogP contribution in [-0.4, -0.2) is 16.6 Å². The van der Waals surface area contributed by atoms with Crippen LogP contribution in [0, 0.1) is 11.8 Å². The molecule has 0 saturated heterocycles. The van der Waals surface area contributed by atoms with Crippen molar-refractivity contribution in [2.45, 2.75) is 20.3 Å². The molecule has 0 amide bonds. The Balaban J connectivity index is 2.52. The van der Waals surface area contributed by atoms with E-state index in [0.717, 1.165) is 12.1 Å². The van der Waals surface area contributed by atoms with Gasteiger partial charge in [-0.2, -0.15) is 0 Å². The molecular weight excluding hydrogens is 164 g/mol. The minimum absolute atomic E-state index is 0.372. The fourth-order valence-corrected chi connectivity index (χ4v) is 0.782. The summed E-state index contributed by atoms with van der Waals surface area (Å²) in [6, 6.07) is 0. The van der Waals surface area contributed by atoms with E-state index in [2.05, 4.69) is 21.8 Å². The molecule has 1 aromatic heterocycles. The highest BCUT2D eigenvalue weighted by Gasteiger charge is 1.94. The number of nitrogens with zero attached hydrogens (tertiary/aromatic N) is 2. The van der Waals surface area contributed by atoms with Gasteiger partial charge in [-0.25, -0.2) is 4.98 Å². The number of hydrogen-bond acceptors (Lipinski definition) is 3. The van der Waals surface area contributed by atoms with Crippen LogP contribution in [0.15, 0.2) is 12.4 Å². The lowest BCUT2D eigenvalue weighted by atomic mass is 10.4. The summed E-state index contributed by atoms with van der Waals surface area (Å²) in [7, 11) is 0. The number of ether oxygens (including phenoxy) is 1. The van der Waals surface area contributed by atoms with Crippen molar-refractivity contribution in [1.29, 1.82) is 0 Å². The van der Waals surface area contributed by atoms with Crippen molar-refractivity contribution in [2.75, 3.05) is 6.61 Å². The third-order valence-electron chi connectivity index (χ3n) is 1.51. The van der Waals surface area contributed by atoms with Crippen LogP contribution in [0.3, 0.4) is 0 Å². The van der Waals surface area contributed by atoms with Gasteiger partial charge in [0.2, 0.25) is 5.88 Å². The Morgan fingerprint density at radius 2 is 2.23 bits per heavy atom. The fraction of sp³-hybridized carbons (Fsp3) is 0.400. The SMILES string of the molecule is CC#CCOc1cnc(CC)cn1. The third kappa shape index (κ3) is 3.12. The minimum atomic E-state index is 0.372. The molecule has 0 unspecified atom stereocenters.